The highest BCUT2D eigenvalue weighted by molar-refractivity contribution is 7.15. The second kappa shape index (κ2) is 10.0. The van der Waals surface area contributed by atoms with Crippen molar-refractivity contribution in [1.82, 2.24) is 19.9 Å². The van der Waals surface area contributed by atoms with E-state index < -0.39 is 6.09 Å². The van der Waals surface area contributed by atoms with Gasteiger partial charge in [-0.25, -0.2) is 14.8 Å². The maximum absolute atomic E-state index is 11.5. The lowest BCUT2D eigenvalue weighted by molar-refractivity contribution is 0.175. The van der Waals surface area contributed by atoms with Gasteiger partial charge in [-0.1, -0.05) is 32.9 Å². The first-order chi connectivity index (χ1) is 17.7. The van der Waals surface area contributed by atoms with E-state index in [1.54, 1.807) is 24.8 Å². The minimum absolute atomic E-state index is 0.269. The molecule has 3 N–H and O–H groups in total. The summed E-state index contributed by atoms with van der Waals surface area (Å²) >= 11 is 1.62. The molecule has 0 bridgehead atoms. The second-order valence-corrected chi connectivity index (χ2v) is 11.7. The molecule has 1 aromatic carbocycles. The molecule has 0 aliphatic heterocycles. The van der Waals surface area contributed by atoms with Crippen LogP contribution in [0.25, 0.3) is 21.5 Å². The molecule has 37 heavy (non-hydrogen) atoms. The summed E-state index contributed by atoms with van der Waals surface area (Å²) in [5.74, 6) is 1.62. The number of rotatable bonds is 8. The predicted molar refractivity (Wildman–Crippen MR) is 147 cm³/mol. The molecular formula is C28H33N5O3S. The van der Waals surface area contributed by atoms with Crippen molar-refractivity contribution >= 4 is 34.3 Å². The van der Waals surface area contributed by atoms with E-state index >= 15 is 0 Å². The molecule has 1 amide bonds. The number of thiophene rings is 1. The molecular weight excluding hydrogens is 486 g/mol. The lowest BCUT2D eigenvalue weighted by Crippen LogP contribution is -2.35. The topological polar surface area (TPSA) is 101 Å². The molecule has 1 saturated carbocycles. The third-order valence-electron chi connectivity index (χ3n) is 7.01. The van der Waals surface area contributed by atoms with Gasteiger partial charge in [0.15, 0.2) is 0 Å². The number of hydrogen-bond donors (Lipinski definition) is 3. The van der Waals surface area contributed by atoms with Gasteiger partial charge in [0.05, 0.1) is 18.5 Å². The maximum Gasteiger partial charge on any atom is 0.405 e. The van der Waals surface area contributed by atoms with Crippen LogP contribution >= 0.6 is 11.3 Å². The van der Waals surface area contributed by atoms with Gasteiger partial charge in [-0.05, 0) is 54.5 Å². The zero-order valence-electron chi connectivity index (χ0n) is 21.6. The zero-order chi connectivity index (χ0) is 26.2. The van der Waals surface area contributed by atoms with Crippen LogP contribution in [0.15, 0.2) is 48.9 Å². The number of hydrogen-bond acceptors (Lipinski definition) is 6. The number of carboxylic acid groups (broad SMARTS) is 1. The molecule has 0 spiro atoms. The van der Waals surface area contributed by atoms with Crippen LogP contribution in [-0.2, 0) is 6.54 Å². The number of aromatic nitrogens is 3. The summed E-state index contributed by atoms with van der Waals surface area (Å²) in [5, 5.41) is 16.7. The molecule has 9 heteroatoms. The van der Waals surface area contributed by atoms with Gasteiger partial charge in [-0.2, -0.15) is 0 Å². The fraction of sp³-hybridized carbons (Fsp3) is 0.393. The van der Waals surface area contributed by atoms with Gasteiger partial charge in [0, 0.05) is 34.1 Å². The first kappa shape index (κ1) is 25.1. The van der Waals surface area contributed by atoms with Crippen LogP contribution in [0.3, 0.4) is 0 Å². The van der Waals surface area contributed by atoms with Gasteiger partial charge in [-0.15, -0.1) is 11.3 Å². The van der Waals surface area contributed by atoms with Gasteiger partial charge < -0.3 is 25.0 Å². The molecule has 4 aromatic rings. The Morgan fingerprint density at radius 1 is 1.19 bits per heavy atom. The van der Waals surface area contributed by atoms with Crippen LogP contribution in [0, 0.1) is 5.41 Å². The smallest absolute Gasteiger partial charge is 0.405 e. The summed E-state index contributed by atoms with van der Waals surface area (Å²) in [4.78, 5) is 22.9. The van der Waals surface area contributed by atoms with Gasteiger partial charge in [0.2, 0.25) is 0 Å². The lowest BCUT2D eigenvalue weighted by Gasteiger charge is -2.29. The normalized spacial score (nSPS) is 14.8. The average Bonchev–Trinajstić information content (AvgIpc) is 3.45. The molecule has 5 rings (SSSR count). The van der Waals surface area contributed by atoms with E-state index in [0.29, 0.717) is 12.6 Å². The highest BCUT2D eigenvalue weighted by Crippen LogP contribution is 2.44. The summed E-state index contributed by atoms with van der Waals surface area (Å²) in [7, 11) is 1.66. The SMILES string of the molecule is COc1ccc(CNc2ncnc3c2c(-c2ccc(C(NC(=O)O)C(C)(C)C)s2)cn3C2CCC2)cc1. The Bertz CT molecular complexity index is 1400. The summed E-state index contributed by atoms with van der Waals surface area (Å²) in [6, 6.07) is 12.2. The molecule has 194 valence electrons. The molecule has 1 atom stereocenters. The monoisotopic (exact) mass is 519 g/mol. The Kier molecular flexibility index (Phi) is 6.81. The summed E-state index contributed by atoms with van der Waals surface area (Å²) in [5.41, 5.74) is 2.85. The second-order valence-electron chi connectivity index (χ2n) is 10.6. The van der Waals surface area contributed by atoms with Crippen LogP contribution in [-0.4, -0.2) is 32.8 Å². The van der Waals surface area contributed by atoms with Crippen LogP contribution in [0.4, 0.5) is 10.6 Å². The molecule has 1 unspecified atom stereocenters. The maximum atomic E-state index is 11.5. The quantitative estimate of drug-likeness (QED) is 0.235. The number of anilines is 1. The third-order valence-corrected chi connectivity index (χ3v) is 8.19. The van der Waals surface area contributed by atoms with E-state index in [1.165, 1.54) is 6.42 Å². The van der Waals surface area contributed by atoms with Gasteiger partial charge in [0.1, 0.15) is 23.5 Å². The van der Waals surface area contributed by atoms with Crippen molar-refractivity contribution in [3.63, 3.8) is 0 Å². The largest absolute Gasteiger partial charge is 0.497 e. The molecule has 3 heterocycles. The first-order valence-corrected chi connectivity index (χ1v) is 13.4. The number of amides is 1. The van der Waals surface area contributed by atoms with Crippen LogP contribution < -0.4 is 15.4 Å². The first-order valence-electron chi connectivity index (χ1n) is 12.6. The van der Waals surface area contributed by atoms with E-state index in [-0.39, 0.29) is 11.5 Å². The van der Waals surface area contributed by atoms with E-state index in [0.717, 1.165) is 56.3 Å². The van der Waals surface area contributed by atoms with Gasteiger partial charge in [0.25, 0.3) is 0 Å². The van der Waals surface area contributed by atoms with Crippen molar-refractivity contribution in [2.45, 2.75) is 58.7 Å². The molecule has 1 fully saturated rings. The van der Waals surface area contributed by atoms with Crippen molar-refractivity contribution in [2.24, 2.45) is 5.41 Å². The zero-order valence-corrected chi connectivity index (χ0v) is 22.4. The number of benzene rings is 1. The Morgan fingerprint density at radius 3 is 2.57 bits per heavy atom. The third kappa shape index (κ3) is 5.13. The Balaban J connectivity index is 1.54. The van der Waals surface area contributed by atoms with E-state index in [4.69, 9.17) is 9.72 Å². The highest BCUT2D eigenvalue weighted by Gasteiger charge is 2.30. The van der Waals surface area contributed by atoms with Crippen molar-refractivity contribution in [3.8, 4) is 16.2 Å². The van der Waals surface area contributed by atoms with Crippen molar-refractivity contribution in [1.29, 1.82) is 0 Å². The van der Waals surface area contributed by atoms with E-state index in [9.17, 15) is 9.90 Å². The number of fused-ring (bicyclic) bond motifs is 1. The molecule has 8 nitrogen and oxygen atoms in total. The van der Waals surface area contributed by atoms with E-state index in [2.05, 4.69) is 32.4 Å². The minimum atomic E-state index is -1.02. The molecule has 1 aliphatic rings. The number of methoxy groups -OCH3 is 1. The molecule has 0 saturated heterocycles. The fourth-order valence-corrected chi connectivity index (χ4v) is 6.09. The summed E-state index contributed by atoms with van der Waals surface area (Å²) in [6.45, 7) is 6.76. The van der Waals surface area contributed by atoms with Crippen molar-refractivity contribution in [2.75, 3.05) is 12.4 Å². The highest BCUT2D eigenvalue weighted by atomic mass is 32.1. The van der Waals surface area contributed by atoms with Crippen LogP contribution in [0.2, 0.25) is 0 Å². The Labute approximate surface area is 220 Å². The Morgan fingerprint density at radius 2 is 1.95 bits per heavy atom. The van der Waals surface area contributed by atoms with Crippen molar-refractivity contribution in [3.05, 3.63) is 59.4 Å². The fourth-order valence-electron chi connectivity index (χ4n) is 4.77. The number of ether oxygens (including phenoxy) is 1. The summed E-state index contributed by atoms with van der Waals surface area (Å²) in [6.07, 6.45) is 6.33. The van der Waals surface area contributed by atoms with Crippen LogP contribution in [0.5, 0.6) is 5.75 Å². The minimum Gasteiger partial charge on any atom is -0.497 e. The van der Waals surface area contributed by atoms with Gasteiger partial charge in [-0.3, -0.25) is 0 Å². The standard InChI is InChI=1S/C28H33N5O3S/c1-28(2,3)24(32-27(34)35)22-13-12-21(37-22)20-15-33(18-6-5-7-18)26-23(20)25(30-16-31-26)29-14-17-8-10-19(36-4)11-9-17/h8-13,15-16,18,24,32H,5-7,14H2,1-4H3,(H,34,35)(H,29,30,31). The molecule has 1 aliphatic carbocycles. The Hall–Kier alpha value is -3.59. The number of nitrogens with one attached hydrogen (secondary N) is 2. The average molecular weight is 520 g/mol. The van der Waals surface area contributed by atoms with Crippen LogP contribution in [0.1, 0.15) is 62.6 Å². The van der Waals surface area contributed by atoms with Gasteiger partial charge >= 0.3 is 6.09 Å². The number of carbonyl (C=O) groups is 1. The summed E-state index contributed by atoms with van der Waals surface area (Å²) < 4.78 is 7.57. The van der Waals surface area contributed by atoms with E-state index in [1.807, 2.05) is 51.1 Å². The molecule has 0 radical (unpaired) electrons. The lowest BCUT2D eigenvalue weighted by atomic mass is 9.86. The predicted octanol–water partition coefficient (Wildman–Crippen LogP) is 6.86. The van der Waals surface area contributed by atoms with Crippen molar-refractivity contribution < 1.29 is 14.6 Å². The number of nitrogens with zero attached hydrogens (tertiary/aromatic N) is 3. The molecule has 3 aromatic heterocycles.